The van der Waals surface area contributed by atoms with Crippen LogP contribution in [0.25, 0.3) is 0 Å². The second-order valence-corrected chi connectivity index (χ2v) is 3.50. The first kappa shape index (κ1) is 10.1. The van der Waals surface area contributed by atoms with Crippen molar-refractivity contribution in [3.05, 3.63) is 28.3 Å². The number of hydrogen-bond acceptors (Lipinski definition) is 1. The van der Waals surface area contributed by atoms with Gasteiger partial charge in [0, 0.05) is 0 Å². The van der Waals surface area contributed by atoms with Gasteiger partial charge in [0.25, 0.3) is 0 Å². The SMILES string of the molecule is CCc1c(C)cc(C)c(C)c1OC. The van der Waals surface area contributed by atoms with Crippen LogP contribution in [0, 0.1) is 20.8 Å². The van der Waals surface area contributed by atoms with E-state index in [1.165, 1.54) is 22.3 Å². The smallest absolute Gasteiger partial charge is 0.125 e. The van der Waals surface area contributed by atoms with E-state index in [1.807, 2.05) is 0 Å². The lowest BCUT2D eigenvalue weighted by molar-refractivity contribution is 0.406. The minimum absolute atomic E-state index is 1.04. The third kappa shape index (κ3) is 1.69. The Labute approximate surface area is 80.7 Å². The number of hydrogen-bond donors (Lipinski definition) is 0. The fourth-order valence-electron chi connectivity index (χ4n) is 1.82. The van der Waals surface area contributed by atoms with Crippen molar-refractivity contribution in [1.29, 1.82) is 0 Å². The van der Waals surface area contributed by atoms with Crippen molar-refractivity contribution in [2.75, 3.05) is 7.11 Å². The molecule has 72 valence electrons. The van der Waals surface area contributed by atoms with E-state index in [0.717, 1.165) is 12.2 Å². The summed E-state index contributed by atoms with van der Waals surface area (Å²) < 4.78 is 5.43. The summed E-state index contributed by atoms with van der Waals surface area (Å²) in [7, 11) is 1.75. The van der Waals surface area contributed by atoms with Gasteiger partial charge in [0.2, 0.25) is 0 Å². The van der Waals surface area contributed by atoms with Gasteiger partial charge < -0.3 is 4.74 Å². The molecular formula is C12H18O. The molecule has 0 atom stereocenters. The van der Waals surface area contributed by atoms with Gasteiger partial charge in [0.1, 0.15) is 5.75 Å². The highest BCUT2D eigenvalue weighted by Crippen LogP contribution is 2.29. The molecule has 0 spiro atoms. The van der Waals surface area contributed by atoms with Crippen LogP contribution >= 0.6 is 0 Å². The maximum absolute atomic E-state index is 5.43. The van der Waals surface area contributed by atoms with Gasteiger partial charge in [-0.3, -0.25) is 0 Å². The average molecular weight is 178 g/mol. The van der Waals surface area contributed by atoms with E-state index in [1.54, 1.807) is 7.11 Å². The van der Waals surface area contributed by atoms with Crippen molar-refractivity contribution in [3.8, 4) is 5.75 Å². The summed E-state index contributed by atoms with van der Waals surface area (Å²) in [6, 6.07) is 2.23. The lowest BCUT2D eigenvalue weighted by Crippen LogP contribution is -1.98. The molecule has 0 aliphatic heterocycles. The van der Waals surface area contributed by atoms with Crippen molar-refractivity contribution in [2.24, 2.45) is 0 Å². The normalized spacial score (nSPS) is 10.2. The molecule has 0 saturated heterocycles. The van der Waals surface area contributed by atoms with Crippen molar-refractivity contribution >= 4 is 0 Å². The largest absolute Gasteiger partial charge is 0.496 e. The molecule has 0 aliphatic rings. The summed E-state index contributed by atoms with van der Waals surface area (Å²) in [4.78, 5) is 0. The van der Waals surface area contributed by atoms with Crippen LogP contribution in [0.5, 0.6) is 5.75 Å². The molecule has 0 aliphatic carbocycles. The van der Waals surface area contributed by atoms with Crippen LogP contribution < -0.4 is 4.74 Å². The molecule has 1 aromatic rings. The number of methoxy groups -OCH3 is 1. The third-order valence-corrected chi connectivity index (χ3v) is 2.67. The zero-order chi connectivity index (χ0) is 10.0. The minimum atomic E-state index is 1.04. The molecular weight excluding hydrogens is 160 g/mol. The Morgan fingerprint density at radius 2 is 1.77 bits per heavy atom. The Balaban J connectivity index is 3.41. The van der Waals surface area contributed by atoms with Crippen LogP contribution in [0.4, 0.5) is 0 Å². The first-order valence-electron chi connectivity index (χ1n) is 4.75. The number of aryl methyl sites for hydroxylation is 2. The zero-order valence-electron chi connectivity index (χ0n) is 9.19. The highest BCUT2D eigenvalue weighted by atomic mass is 16.5. The maximum Gasteiger partial charge on any atom is 0.125 e. The van der Waals surface area contributed by atoms with Crippen molar-refractivity contribution < 1.29 is 4.74 Å². The van der Waals surface area contributed by atoms with Gasteiger partial charge in [0.15, 0.2) is 0 Å². The number of ether oxygens (including phenoxy) is 1. The molecule has 0 amide bonds. The first-order valence-corrected chi connectivity index (χ1v) is 4.75. The second-order valence-electron chi connectivity index (χ2n) is 3.50. The Bertz CT molecular complexity index is 313. The summed E-state index contributed by atoms with van der Waals surface area (Å²) in [5, 5.41) is 0. The summed E-state index contributed by atoms with van der Waals surface area (Å²) in [5.41, 5.74) is 5.25. The highest BCUT2D eigenvalue weighted by Gasteiger charge is 2.09. The monoisotopic (exact) mass is 178 g/mol. The predicted molar refractivity (Wildman–Crippen MR) is 56.6 cm³/mol. The topological polar surface area (TPSA) is 9.23 Å². The lowest BCUT2D eigenvalue weighted by atomic mass is 9.97. The summed E-state index contributed by atoms with van der Waals surface area (Å²) in [6.07, 6.45) is 1.04. The molecule has 0 heterocycles. The van der Waals surface area contributed by atoms with E-state index in [0.29, 0.717) is 0 Å². The zero-order valence-corrected chi connectivity index (χ0v) is 9.19. The fraction of sp³-hybridized carbons (Fsp3) is 0.500. The molecule has 13 heavy (non-hydrogen) atoms. The van der Waals surface area contributed by atoms with Crippen molar-refractivity contribution in [1.82, 2.24) is 0 Å². The fourth-order valence-corrected chi connectivity index (χ4v) is 1.82. The van der Waals surface area contributed by atoms with Gasteiger partial charge in [-0.25, -0.2) is 0 Å². The molecule has 1 rings (SSSR count). The van der Waals surface area contributed by atoms with E-state index < -0.39 is 0 Å². The van der Waals surface area contributed by atoms with E-state index >= 15 is 0 Å². The van der Waals surface area contributed by atoms with Gasteiger partial charge in [-0.05, 0) is 49.4 Å². The second kappa shape index (κ2) is 3.82. The Hall–Kier alpha value is -0.980. The minimum Gasteiger partial charge on any atom is -0.496 e. The lowest BCUT2D eigenvalue weighted by Gasteiger charge is -2.15. The standard InChI is InChI=1S/C12H18O/c1-6-11-9(3)7-8(2)10(4)12(11)13-5/h7H,6H2,1-5H3. The average Bonchev–Trinajstić information content (AvgIpc) is 2.10. The van der Waals surface area contributed by atoms with E-state index in [2.05, 4.69) is 33.8 Å². The highest BCUT2D eigenvalue weighted by molar-refractivity contribution is 5.49. The van der Waals surface area contributed by atoms with Gasteiger partial charge in [-0.2, -0.15) is 0 Å². The summed E-state index contributed by atoms with van der Waals surface area (Å²) in [6.45, 7) is 8.56. The van der Waals surface area contributed by atoms with E-state index in [-0.39, 0.29) is 0 Å². The molecule has 0 bridgehead atoms. The number of benzene rings is 1. The molecule has 0 fully saturated rings. The Morgan fingerprint density at radius 1 is 1.15 bits per heavy atom. The molecule has 0 radical (unpaired) electrons. The molecule has 0 saturated carbocycles. The van der Waals surface area contributed by atoms with Crippen LogP contribution in [0.3, 0.4) is 0 Å². The van der Waals surface area contributed by atoms with Crippen molar-refractivity contribution in [2.45, 2.75) is 34.1 Å². The maximum atomic E-state index is 5.43. The third-order valence-electron chi connectivity index (χ3n) is 2.67. The van der Waals surface area contributed by atoms with Gasteiger partial charge in [-0.15, -0.1) is 0 Å². The van der Waals surface area contributed by atoms with E-state index in [4.69, 9.17) is 4.74 Å². The van der Waals surface area contributed by atoms with Gasteiger partial charge >= 0.3 is 0 Å². The molecule has 0 unspecified atom stereocenters. The molecule has 1 nitrogen and oxygen atoms in total. The first-order chi connectivity index (χ1) is 6.11. The van der Waals surface area contributed by atoms with Gasteiger partial charge in [-0.1, -0.05) is 13.0 Å². The van der Waals surface area contributed by atoms with Crippen LogP contribution in [-0.4, -0.2) is 7.11 Å². The van der Waals surface area contributed by atoms with Crippen molar-refractivity contribution in [3.63, 3.8) is 0 Å². The Kier molecular flexibility index (Phi) is 2.97. The van der Waals surface area contributed by atoms with Crippen LogP contribution in [0.2, 0.25) is 0 Å². The van der Waals surface area contributed by atoms with Crippen LogP contribution in [-0.2, 0) is 6.42 Å². The molecule has 1 heteroatoms. The van der Waals surface area contributed by atoms with Gasteiger partial charge in [0.05, 0.1) is 7.11 Å². The molecule has 0 aromatic heterocycles. The Morgan fingerprint density at radius 3 is 2.23 bits per heavy atom. The predicted octanol–water partition coefficient (Wildman–Crippen LogP) is 3.18. The molecule has 1 aromatic carbocycles. The van der Waals surface area contributed by atoms with E-state index in [9.17, 15) is 0 Å². The summed E-state index contributed by atoms with van der Waals surface area (Å²) >= 11 is 0. The summed E-state index contributed by atoms with van der Waals surface area (Å²) in [5.74, 6) is 1.07. The molecule has 0 N–H and O–H groups in total. The van der Waals surface area contributed by atoms with Crippen LogP contribution in [0.1, 0.15) is 29.2 Å². The number of rotatable bonds is 2. The quantitative estimate of drug-likeness (QED) is 0.675. The van der Waals surface area contributed by atoms with Crippen LogP contribution in [0.15, 0.2) is 6.07 Å².